The van der Waals surface area contributed by atoms with E-state index in [0.717, 1.165) is 0 Å². The largest absolute Gasteiger partial charge is 0.330 e. The number of aromatic nitrogens is 2. The predicted molar refractivity (Wildman–Crippen MR) is 48.7 cm³/mol. The zero-order valence-electron chi connectivity index (χ0n) is 7.23. The first kappa shape index (κ1) is 8.54. The van der Waals surface area contributed by atoms with Crippen LogP contribution in [0.5, 0.6) is 0 Å². The molecule has 0 radical (unpaired) electrons. The number of rotatable bonds is 2. The lowest BCUT2D eigenvalue weighted by molar-refractivity contribution is 0.808. The minimum Gasteiger partial charge on any atom is -0.330 e. The van der Waals surface area contributed by atoms with E-state index in [1.54, 1.807) is 18.5 Å². The van der Waals surface area contributed by atoms with Gasteiger partial charge in [-0.1, -0.05) is 5.92 Å². The van der Waals surface area contributed by atoms with Gasteiger partial charge in [0.05, 0.1) is 6.04 Å². The second kappa shape index (κ2) is 3.72. The average Bonchev–Trinajstić information content (AvgIpc) is 2.17. The topological polar surface area (TPSA) is 29.0 Å². The highest BCUT2D eigenvalue weighted by Gasteiger charge is 2.07. The SMILES string of the molecule is C#CC(C)N(C)c1ncccn1. The third-order valence-electron chi connectivity index (χ3n) is 1.69. The summed E-state index contributed by atoms with van der Waals surface area (Å²) in [7, 11) is 1.87. The van der Waals surface area contributed by atoms with Crippen LogP contribution >= 0.6 is 0 Å². The van der Waals surface area contributed by atoms with Crippen molar-refractivity contribution in [2.75, 3.05) is 11.9 Å². The van der Waals surface area contributed by atoms with E-state index in [0.29, 0.717) is 5.95 Å². The van der Waals surface area contributed by atoms with Gasteiger partial charge in [-0.05, 0) is 13.0 Å². The van der Waals surface area contributed by atoms with Gasteiger partial charge in [0.1, 0.15) is 0 Å². The third kappa shape index (κ3) is 1.73. The Hall–Kier alpha value is -1.56. The van der Waals surface area contributed by atoms with Crippen molar-refractivity contribution in [2.24, 2.45) is 0 Å². The Labute approximate surface area is 72.5 Å². The van der Waals surface area contributed by atoms with E-state index >= 15 is 0 Å². The molecule has 12 heavy (non-hydrogen) atoms. The highest BCUT2D eigenvalue weighted by Crippen LogP contribution is 2.05. The van der Waals surface area contributed by atoms with E-state index in [-0.39, 0.29) is 6.04 Å². The summed E-state index contributed by atoms with van der Waals surface area (Å²) in [6, 6.07) is 1.80. The number of hydrogen-bond acceptors (Lipinski definition) is 3. The summed E-state index contributed by atoms with van der Waals surface area (Å²) in [6.45, 7) is 1.93. The smallest absolute Gasteiger partial charge is 0.225 e. The molecule has 1 unspecified atom stereocenters. The number of anilines is 1. The molecule has 0 saturated heterocycles. The molecular weight excluding hydrogens is 150 g/mol. The molecule has 1 aromatic heterocycles. The Morgan fingerprint density at radius 1 is 1.50 bits per heavy atom. The summed E-state index contributed by atoms with van der Waals surface area (Å²) in [6.07, 6.45) is 8.66. The van der Waals surface area contributed by atoms with Gasteiger partial charge in [-0.25, -0.2) is 9.97 Å². The zero-order valence-corrected chi connectivity index (χ0v) is 7.23. The summed E-state index contributed by atoms with van der Waals surface area (Å²) >= 11 is 0. The maximum atomic E-state index is 5.26. The van der Waals surface area contributed by atoms with Crippen LogP contribution in [0.15, 0.2) is 18.5 Å². The molecule has 0 amide bonds. The van der Waals surface area contributed by atoms with Crippen LogP contribution in [-0.4, -0.2) is 23.1 Å². The summed E-state index contributed by atoms with van der Waals surface area (Å²) in [5.74, 6) is 3.26. The Morgan fingerprint density at radius 2 is 2.08 bits per heavy atom. The minimum absolute atomic E-state index is 0.0207. The predicted octanol–water partition coefficient (Wildman–Crippen LogP) is 0.934. The minimum atomic E-state index is 0.0207. The van der Waals surface area contributed by atoms with Gasteiger partial charge >= 0.3 is 0 Å². The molecule has 1 aromatic rings. The van der Waals surface area contributed by atoms with E-state index in [9.17, 15) is 0 Å². The summed E-state index contributed by atoms with van der Waals surface area (Å²) < 4.78 is 0. The molecule has 0 aliphatic carbocycles. The van der Waals surface area contributed by atoms with Crippen LogP contribution in [0.3, 0.4) is 0 Å². The molecule has 62 valence electrons. The van der Waals surface area contributed by atoms with Crippen LogP contribution in [0, 0.1) is 12.3 Å². The van der Waals surface area contributed by atoms with Crippen molar-refractivity contribution in [2.45, 2.75) is 13.0 Å². The fraction of sp³-hybridized carbons (Fsp3) is 0.333. The van der Waals surface area contributed by atoms with Crippen molar-refractivity contribution in [1.82, 2.24) is 9.97 Å². The molecule has 0 saturated carbocycles. The van der Waals surface area contributed by atoms with Gasteiger partial charge in [-0.2, -0.15) is 0 Å². The fourth-order valence-electron chi connectivity index (χ4n) is 0.758. The molecule has 0 aliphatic heterocycles. The van der Waals surface area contributed by atoms with Crippen LogP contribution in [0.2, 0.25) is 0 Å². The molecule has 0 fully saturated rings. The molecular formula is C9H11N3. The Balaban J connectivity index is 2.80. The van der Waals surface area contributed by atoms with E-state index in [2.05, 4.69) is 15.9 Å². The van der Waals surface area contributed by atoms with Crippen LogP contribution in [0.25, 0.3) is 0 Å². The van der Waals surface area contributed by atoms with E-state index in [1.807, 2.05) is 18.9 Å². The highest BCUT2D eigenvalue weighted by molar-refractivity contribution is 5.32. The lowest BCUT2D eigenvalue weighted by atomic mass is 10.3. The van der Waals surface area contributed by atoms with Gasteiger partial charge in [-0.3, -0.25) is 0 Å². The number of nitrogens with zero attached hydrogens (tertiary/aromatic N) is 3. The standard InChI is InChI=1S/C9H11N3/c1-4-8(2)12(3)9-10-6-5-7-11-9/h1,5-8H,2-3H3. The maximum absolute atomic E-state index is 5.26. The van der Waals surface area contributed by atoms with Gasteiger partial charge in [0.15, 0.2) is 0 Å². The second-order valence-corrected chi connectivity index (χ2v) is 2.50. The van der Waals surface area contributed by atoms with Crippen molar-refractivity contribution < 1.29 is 0 Å². The Bertz CT molecular complexity index is 276. The normalized spacial score (nSPS) is 11.8. The van der Waals surface area contributed by atoms with Crippen LogP contribution in [0.4, 0.5) is 5.95 Å². The van der Waals surface area contributed by atoms with Crippen LogP contribution in [-0.2, 0) is 0 Å². The first-order valence-corrected chi connectivity index (χ1v) is 3.71. The molecule has 3 heteroatoms. The summed E-state index contributed by atoms with van der Waals surface area (Å²) in [4.78, 5) is 9.98. The number of hydrogen-bond donors (Lipinski definition) is 0. The Morgan fingerprint density at radius 3 is 2.58 bits per heavy atom. The van der Waals surface area contributed by atoms with Gasteiger partial charge < -0.3 is 4.90 Å². The molecule has 0 N–H and O–H groups in total. The summed E-state index contributed by atoms with van der Waals surface area (Å²) in [5.41, 5.74) is 0. The highest BCUT2D eigenvalue weighted by atomic mass is 15.2. The van der Waals surface area contributed by atoms with Crippen molar-refractivity contribution in [1.29, 1.82) is 0 Å². The van der Waals surface area contributed by atoms with Crippen LogP contribution < -0.4 is 4.90 Å². The lowest BCUT2D eigenvalue weighted by Crippen LogP contribution is -2.28. The molecule has 3 nitrogen and oxygen atoms in total. The van der Waals surface area contributed by atoms with Gasteiger partial charge in [0.2, 0.25) is 5.95 Å². The van der Waals surface area contributed by atoms with E-state index in [1.165, 1.54) is 0 Å². The third-order valence-corrected chi connectivity index (χ3v) is 1.69. The second-order valence-electron chi connectivity index (χ2n) is 2.50. The quantitative estimate of drug-likeness (QED) is 0.604. The van der Waals surface area contributed by atoms with Gasteiger partial charge in [0, 0.05) is 19.4 Å². The van der Waals surface area contributed by atoms with E-state index in [4.69, 9.17) is 6.42 Å². The first-order valence-electron chi connectivity index (χ1n) is 3.71. The molecule has 0 spiro atoms. The van der Waals surface area contributed by atoms with E-state index < -0.39 is 0 Å². The van der Waals surface area contributed by atoms with Crippen molar-refractivity contribution >= 4 is 5.95 Å². The molecule has 0 aliphatic rings. The molecule has 1 rings (SSSR count). The first-order chi connectivity index (χ1) is 5.75. The lowest BCUT2D eigenvalue weighted by Gasteiger charge is -2.19. The maximum Gasteiger partial charge on any atom is 0.225 e. The summed E-state index contributed by atoms with van der Waals surface area (Å²) in [5, 5.41) is 0. The van der Waals surface area contributed by atoms with Crippen molar-refractivity contribution in [3.8, 4) is 12.3 Å². The van der Waals surface area contributed by atoms with Crippen LogP contribution in [0.1, 0.15) is 6.92 Å². The molecule has 1 heterocycles. The number of terminal acetylenes is 1. The zero-order chi connectivity index (χ0) is 8.97. The fourth-order valence-corrected chi connectivity index (χ4v) is 0.758. The van der Waals surface area contributed by atoms with Crippen molar-refractivity contribution in [3.63, 3.8) is 0 Å². The van der Waals surface area contributed by atoms with Crippen molar-refractivity contribution in [3.05, 3.63) is 18.5 Å². The molecule has 0 bridgehead atoms. The average molecular weight is 161 g/mol. The molecule has 0 aromatic carbocycles. The monoisotopic (exact) mass is 161 g/mol. The Kier molecular flexibility index (Phi) is 2.65. The molecule has 1 atom stereocenters. The van der Waals surface area contributed by atoms with Gasteiger partial charge in [0.25, 0.3) is 0 Å². The van der Waals surface area contributed by atoms with Gasteiger partial charge in [-0.15, -0.1) is 6.42 Å².